The predicted molar refractivity (Wildman–Crippen MR) is 91.1 cm³/mol. The van der Waals surface area contributed by atoms with Gasteiger partial charge in [-0.2, -0.15) is 5.10 Å². The highest BCUT2D eigenvalue weighted by molar-refractivity contribution is 7.90. The summed E-state index contributed by atoms with van der Waals surface area (Å²) in [7, 11) is -3.17. The molecule has 6 heteroatoms. The molecule has 1 heterocycles. The molecule has 0 aliphatic rings. The zero-order valence-electron chi connectivity index (χ0n) is 12.6. The topological polar surface area (TPSA) is 69.0 Å². The summed E-state index contributed by atoms with van der Waals surface area (Å²) in [6.07, 6.45) is 1.15. The summed E-state index contributed by atoms with van der Waals surface area (Å²) in [5.74, 6) is -0.119. The average molecular weight is 328 g/mol. The van der Waals surface area contributed by atoms with Crippen LogP contribution in [0.2, 0.25) is 0 Å². The third-order valence-electron chi connectivity index (χ3n) is 3.59. The quantitative estimate of drug-likeness (QED) is 0.735. The summed E-state index contributed by atoms with van der Waals surface area (Å²) >= 11 is 0. The summed E-state index contributed by atoms with van der Waals surface area (Å²) in [5, 5.41) is 5.71. The van der Waals surface area contributed by atoms with Crippen LogP contribution in [0.3, 0.4) is 0 Å². The van der Waals surface area contributed by atoms with Gasteiger partial charge in [0, 0.05) is 17.2 Å². The molecular weight excluding hydrogens is 312 g/mol. The normalized spacial score (nSPS) is 11.7. The van der Waals surface area contributed by atoms with E-state index in [0.29, 0.717) is 11.1 Å². The van der Waals surface area contributed by atoms with Crippen LogP contribution in [-0.2, 0) is 16.4 Å². The molecule has 3 rings (SSSR count). The molecule has 118 valence electrons. The van der Waals surface area contributed by atoms with Gasteiger partial charge in [0.25, 0.3) is 5.56 Å². The van der Waals surface area contributed by atoms with E-state index < -0.39 is 9.84 Å². The molecule has 0 atom stereocenters. The van der Waals surface area contributed by atoms with Gasteiger partial charge in [-0.05, 0) is 6.07 Å². The largest absolute Gasteiger partial charge is 0.274 e. The van der Waals surface area contributed by atoms with Crippen LogP contribution < -0.4 is 5.56 Å². The lowest BCUT2D eigenvalue weighted by atomic mass is 10.1. The standard InChI is InChI=1S/C17H16N2O3S/c1-23(21,22)12-11-19-17(20)15-10-6-5-9-14(15)16(18-19)13-7-3-2-4-8-13/h2-10H,11-12H2,1H3. The molecule has 0 aliphatic heterocycles. The van der Waals surface area contributed by atoms with E-state index in [9.17, 15) is 13.2 Å². The third kappa shape index (κ3) is 3.32. The molecule has 0 saturated heterocycles. The lowest BCUT2D eigenvalue weighted by molar-refractivity contribution is 0.579. The van der Waals surface area contributed by atoms with Crippen molar-refractivity contribution in [2.75, 3.05) is 12.0 Å². The second-order valence-electron chi connectivity index (χ2n) is 5.42. The van der Waals surface area contributed by atoms with Crippen LogP contribution in [0.1, 0.15) is 0 Å². The number of fused-ring (bicyclic) bond motifs is 1. The minimum absolute atomic E-state index is 0.0440. The zero-order chi connectivity index (χ0) is 16.4. The fourth-order valence-electron chi connectivity index (χ4n) is 2.45. The average Bonchev–Trinajstić information content (AvgIpc) is 2.54. The summed E-state index contributed by atoms with van der Waals surface area (Å²) in [4.78, 5) is 12.5. The van der Waals surface area contributed by atoms with E-state index in [4.69, 9.17) is 0 Å². The molecule has 1 aromatic heterocycles. The molecule has 0 bridgehead atoms. The Labute approximate surface area is 134 Å². The van der Waals surface area contributed by atoms with E-state index in [1.807, 2.05) is 42.5 Å². The summed E-state index contributed by atoms with van der Waals surface area (Å²) in [6.45, 7) is 0.0440. The van der Waals surface area contributed by atoms with Gasteiger partial charge in [-0.15, -0.1) is 0 Å². The molecule has 0 amide bonds. The lowest BCUT2D eigenvalue weighted by Gasteiger charge is -2.11. The first-order chi connectivity index (χ1) is 11.0. The second kappa shape index (κ2) is 5.96. The molecule has 0 N–H and O–H groups in total. The summed E-state index contributed by atoms with van der Waals surface area (Å²) in [6, 6.07) is 16.8. The van der Waals surface area contributed by atoms with Crippen molar-refractivity contribution in [2.45, 2.75) is 6.54 Å². The number of sulfone groups is 1. The number of nitrogens with zero attached hydrogens (tertiary/aromatic N) is 2. The molecule has 0 saturated carbocycles. The van der Waals surface area contributed by atoms with Gasteiger partial charge in [0.2, 0.25) is 0 Å². The fourth-order valence-corrected chi connectivity index (χ4v) is 2.95. The predicted octanol–water partition coefficient (Wildman–Crippen LogP) is 2.11. The van der Waals surface area contributed by atoms with Crippen molar-refractivity contribution in [3.8, 4) is 11.3 Å². The maximum atomic E-state index is 12.5. The third-order valence-corrected chi connectivity index (χ3v) is 4.51. The minimum Gasteiger partial charge on any atom is -0.267 e. The Bertz CT molecular complexity index is 1010. The maximum Gasteiger partial charge on any atom is 0.274 e. The molecule has 0 fully saturated rings. The number of rotatable bonds is 4. The number of benzene rings is 2. The summed E-state index contributed by atoms with van der Waals surface area (Å²) < 4.78 is 24.0. The van der Waals surface area contributed by atoms with Crippen molar-refractivity contribution in [1.82, 2.24) is 9.78 Å². The maximum absolute atomic E-state index is 12.5. The molecule has 0 spiro atoms. The number of hydrogen-bond acceptors (Lipinski definition) is 4. The van der Waals surface area contributed by atoms with E-state index in [2.05, 4.69) is 5.10 Å². The van der Waals surface area contributed by atoms with Crippen molar-refractivity contribution in [3.05, 3.63) is 65.0 Å². The van der Waals surface area contributed by atoms with Crippen LogP contribution in [0.4, 0.5) is 0 Å². The lowest BCUT2D eigenvalue weighted by Crippen LogP contribution is -2.27. The zero-order valence-corrected chi connectivity index (χ0v) is 13.5. The Balaban J connectivity index is 2.23. The number of hydrogen-bond donors (Lipinski definition) is 0. The van der Waals surface area contributed by atoms with Crippen LogP contribution in [-0.4, -0.2) is 30.2 Å². The highest BCUT2D eigenvalue weighted by Gasteiger charge is 2.13. The monoisotopic (exact) mass is 328 g/mol. The minimum atomic E-state index is -3.17. The molecule has 2 aromatic carbocycles. The van der Waals surface area contributed by atoms with E-state index in [1.165, 1.54) is 4.68 Å². The van der Waals surface area contributed by atoms with Gasteiger partial charge in [-0.25, -0.2) is 13.1 Å². The highest BCUT2D eigenvalue weighted by Crippen LogP contribution is 2.24. The Kier molecular flexibility index (Phi) is 4.00. The Morgan fingerprint density at radius 1 is 0.957 bits per heavy atom. The molecule has 0 unspecified atom stereocenters. The van der Waals surface area contributed by atoms with Gasteiger partial charge in [0.15, 0.2) is 0 Å². The first kappa shape index (κ1) is 15.4. The van der Waals surface area contributed by atoms with Crippen LogP contribution >= 0.6 is 0 Å². The first-order valence-electron chi connectivity index (χ1n) is 7.19. The molecular formula is C17H16N2O3S. The Hall–Kier alpha value is -2.47. The van der Waals surface area contributed by atoms with Crippen LogP contribution in [0.5, 0.6) is 0 Å². The van der Waals surface area contributed by atoms with Crippen LogP contribution in [0.25, 0.3) is 22.0 Å². The number of aromatic nitrogens is 2. The highest BCUT2D eigenvalue weighted by atomic mass is 32.2. The van der Waals surface area contributed by atoms with Crippen molar-refractivity contribution < 1.29 is 8.42 Å². The smallest absolute Gasteiger partial charge is 0.267 e. The van der Waals surface area contributed by atoms with E-state index in [-0.39, 0.29) is 17.9 Å². The molecule has 5 nitrogen and oxygen atoms in total. The Morgan fingerprint density at radius 2 is 1.57 bits per heavy atom. The fraction of sp³-hybridized carbons (Fsp3) is 0.176. The molecule has 0 radical (unpaired) electrons. The van der Waals surface area contributed by atoms with Gasteiger partial charge in [-0.3, -0.25) is 4.79 Å². The van der Waals surface area contributed by atoms with Crippen molar-refractivity contribution in [3.63, 3.8) is 0 Å². The molecule has 0 aliphatic carbocycles. The second-order valence-corrected chi connectivity index (χ2v) is 7.68. The van der Waals surface area contributed by atoms with Gasteiger partial charge >= 0.3 is 0 Å². The number of aryl methyl sites for hydroxylation is 1. The SMILES string of the molecule is CS(=O)(=O)CCn1nc(-c2ccccc2)c2ccccc2c1=O. The molecule has 23 heavy (non-hydrogen) atoms. The molecule has 3 aromatic rings. The van der Waals surface area contributed by atoms with Gasteiger partial charge in [-0.1, -0.05) is 48.5 Å². The Morgan fingerprint density at radius 3 is 2.22 bits per heavy atom. The van der Waals surface area contributed by atoms with E-state index >= 15 is 0 Å². The van der Waals surface area contributed by atoms with Crippen LogP contribution in [0, 0.1) is 0 Å². The van der Waals surface area contributed by atoms with Gasteiger partial charge in [0.05, 0.1) is 23.4 Å². The van der Waals surface area contributed by atoms with Crippen molar-refractivity contribution in [1.29, 1.82) is 0 Å². The van der Waals surface area contributed by atoms with E-state index in [1.54, 1.807) is 12.1 Å². The van der Waals surface area contributed by atoms with Crippen molar-refractivity contribution >= 4 is 20.6 Å². The van der Waals surface area contributed by atoms with Crippen molar-refractivity contribution in [2.24, 2.45) is 0 Å². The summed E-state index contributed by atoms with van der Waals surface area (Å²) in [5.41, 5.74) is 1.29. The van der Waals surface area contributed by atoms with Gasteiger partial charge in [0.1, 0.15) is 9.84 Å². The van der Waals surface area contributed by atoms with Crippen LogP contribution in [0.15, 0.2) is 59.4 Å². The van der Waals surface area contributed by atoms with Gasteiger partial charge < -0.3 is 0 Å². The first-order valence-corrected chi connectivity index (χ1v) is 9.25. The van der Waals surface area contributed by atoms with E-state index in [0.717, 1.165) is 17.2 Å².